The van der Waals surface area contributed by atoms with Crippen LogP contribution < -0.4 is 4.90 Å². The van der Waals surface area contributed by atoms with E-state index < -0.39 is 0 Å². The van der Waals surface area contributed by atoms with E-state index in [1.807, 2.05) is 12.1 Å². The number of nitrogens with zero attached hydrogens (tertiary/aromatic N) is 1. The van der Waals surface area contributed by atoms with Crippen molar-refractivity contribution < 1.29 is 0 Å². The van der Waals surface area contributed by atoms with Gasteiger partial charge in [-0.25, -0.2) is 0 Å². The van der Waals surface area contributed by atoms with Crippen LogP contribution >= 0.6 is 12.2 Å². The fourth-order valence-electron chi connectivity index (χ4n) is 3.28. The Balaban J connectivity index is 2.18. The third-order valence-electron chi connectivity index (χ3n) is 5.14. The van der Waals surface area contributed by atoms with Crippen LogP contribution in [0.15, 0.2) is 78.9 Å². The zero-order valence-corrected chi connectivity index (χ0v) is 19.2. The smallest absolute Gasteiger partial charge is 0.118 e. The van der Waals surface area contributed by atoms with Crippen molar-refractivity contribution in [2.75, 3.05) is 4.90 Å². The predicted octanol–water partition coefficient (Wildman–Crippen LogP) is 7.80. The third-order valence-corrected chi connectivity index (χ3v) is 5.56. The van der Waals surface area contributed by atoms with Gasteiger partial charge in [-0.15, -0.1) is 0 Å². The van der Waals surface area contributed by atoms with Crippen LogP contribution in [0.1, 0.15) is 58.2 Å². The fraction of sp³-hybridized carbons (Fsp3) is 0.296. The lowest BCUT2D eigenvalue weighted by Crippen LogP contribution is -2.26. The second-order valence-electron chi connectivity index (χ2n) is 9.61. The first-order valence-electron chi connectivity index (χ1n) is 10.2. The molecule has 0 spiro atoms. The van der Waals surface area contributed by atoms with Crippen molar-refractivity contribution in [1.29, 1.82) is 0 Å². The van der Waals surface area contributed by atoms with Gasteiger partial charge in [0.2, 0.25) is 0 Å². The first-order valence-corrected chi connectivity index (χ1v) is 10.6. The van der Waals surface area contributed by atoms with Crippen molar-refractivity contribution in [3.8, 4) is 0 Å². The quantitative estimate of drug-likeness (QED) is 0.412. The molecule has 0 saturated carbocycles. The summed E-state index contributed by atoms with van der Waals surface area (Å²) >= 11 is 6.10. The van der Waals surface area contributed by atoms with Crippen LogP contribution in [0.4, 0.5) is 11.4 Å². The molecule has 29 heavy (non-hydrogen) atoms. The Morgan fingerprint density at radius 1 is 0.621 bits per heavy atom. The molecule has 3 aromatic rings. The van der Waals surface area contributed by atoms with E-state index in [2.05, 4.69) is 113 Å². The van der Waals surface area contributed by atoms with E-state index in [4.69, 9.17) is 12.2 Å². The first kappa shape index (κ1) is 21.3. The van der Waals surface area contributed by atoms with Gasteiger partial charge < -0.3 is 4.90 Å². The number of anilines is 2. The summed E-state index contributed by atoms with van der Waals surface area (Å²) in [5, 5.41) is 0. The molecule has 0 atom stereocenters. The minimum Gasteiger partial charge on any atom is -0.301 e. The molecular weight excluding hydrogens is 370 g/mol. The van der Waals surface area contributed by atoms with Gasteiger partial charge in [-0.1, -0.05) is 96.2 Å². The molecule has 3 rings (SSSR count). The maximum Gasteiger partial charge on any atom is 0.118 e. The van der Waals surface area contributed by atoms with Crippen LogP contribution in [-0.4, -0.2) is 4.99 Å². The zero-order chi connectivity index (χ0) is 21.2. The zero-order valence-electron chi connectivity index (χ0n) is 18.4. The number of benzene rings is 3. The lowest BCUT2D eigenvalue weighted by molar-refractivity contribution is 0.568. The van der Waals surface area contributed by atoms with E-state index in [9.17, 15) is 0 Å². The summed E-state index contributed by atoms with van der Waals surface area (Å²) in [6.45, 7) is 13.5. The highest BCUT2D eigenvalue weighted by Crippen LogP contribution is 2.33. The topological polar surface area (TPSA) is 3.24 Å². The van der Waals surface area contributed by atoms with Crippen molar-refractivity contribution in [2.45, 2.75) is 52.4 Å². The Kier molecular flexibility index (Phi) is 5.95. The highest BCUT2D eigenvalue weighted by molar-refractivity contribution is 7.81. The molecule has 0 bridgehead atoms. The number of hydrogen-bond acceptors (Lipinski definition) is 1. The lowest BCUT2D eigenvalue weighted by Gasteiger charge is -2.29. The monoisotopic (exact) mass is 401 g/mol. The van der Waals surface area contributed by atoms with Gasteiger partial charge in [0, 0.05) is 16.9 Å². The SMILES string of the molecule is CC(C)(C)c1cc(C(=S)N(c2ccccc2)c2ccccc2)cc(C(C)(C)C)c1. The van der Waals surface area contributed by atoms with E-state index in [1.165, 1.54) is 11.1 Å². The van der Waals surface area contributed by atoms with Gasteiger partial charge in [-0.05, 0) is 58.4 Å². The molecule has 0 N–H and O–H groups in total. The minimum absolute atomic E-state index is 0.0515. The average Bonchev–Trinajstić information content (AvgIpc) is 2.68. The molecule has 150 valence electrons. The van der Waals surface area contributed by atoms with Gasteiger partial charge in [-0.3, -0.25) is 0 Å². The second kappa shape index (κ2) is 8.12. The molecule has 0 aromatic heterocycles. The summed E-state index contributed by atoms with van der Waals surface area (Å²) in [5.41, 5.74) is 5.95. The number of thiocarbonyl (C=S) groups is 1. The third kappa shape index (κ3) is 4.94. The summed E-state index contributed by atoms with van der Waals surface area (Å²) in [6, 6.07) is 27.6. The largest absolute Gasteiger partial charge is 0.301 e. The molecule has 0 unspecified atom stereocenters. The Labute approximate surface area is 181 Å². The Bertz CT molecular complexity index is 905. The molecule has 0 amide bonds. The van der Waals surface area contributed by atoms with Crippen molar-refractivity contribution >= 4 is 28.6 Å². The standard InChI is InChI=1S/C27H31NS/c1-26(2,3)21-17-20(18-22(19-21)27(4,5)6)25(29)28(23-13-9-7-10-14-23)24-15-11-8-12-16-24/h7-19H,1-6H3. The maximum absolute atomic E-state index is 6.10. The highest BCUT2D eigenvalue weighted by atomic mass is 32.1. The molecule has 0 fully saturated rings. The van der Waals surface area contributed by atoms with Gasteiger partial charge >= 0.3 is 0 Å². The molecule has 0 aliphatic heterocycles. The summed E-state index contributed by atoms with van der Waals surface area (Å²) < 4.78 is 0. The Morgan fingerprint density at radius 3 is 1.34 bits per heavy atom. The Hall–Kier alpha value is -2.45. The molecule has 0 heterocycles. The maximum atomic E-state index is 6.10. The minimum atomic E-state index is 0.0515. The van der Waals surface area contributed by atoms with Crippen molar-refractivity contribution in [2.24, 2.45) is 0 Å². The predicted molar refractivity (Wildman–Crippen MR) is 131 cm³/mol. The summed E-state index contributed by atoms with van der Waals surface area (Å²) in [5.74, 6) is 0. The van der Waals surface area contributed by atoms with Gasteiger partial charge in [0.25, 0.3) is 0 Å². The first-order chi connectivity index (χ1) is 13.6. The molecule has 0 radical (unpaired) electrons. The van der Waals surface area contributed by atoms with Crippen molar-refractivity contribution in [3.05, 3.63) is 95.6 Å². The normalized spacial score (nSPS) is 11.9. The fourth-order valence-corrected chi connectivity index (χ4v) is 3.61. The number of hydrogen-bond donors (Lipinski definition) is 0. The molecule has 0 saturated heterocycles. The molecular formula is C27H31NS. The van der Waals surface area contributed by atoms with E-state index in [1.54, 1.807) is 0 Å². The van der Waals surface area contributed by atoms with E-state index >= 15 is 0 Å². The van der Waals surface area contributed by atoms with Crippen LogP contribution in [0.3, 0.4) is 0 Å². The van der Waals surface area contributed by atoms with Gasteiger partial charge in [0.1, 0.15) is 4.99 Å². The van der Waals surface area contributed by atoms with Gasteiger partial charge in [0.05, 0.1) is 0 Å². The summed E-state index contributed by atoms with van der Waals surface area (Å²) in [6.07, 6.45) is 0. The van der Waals surface area contributed by atoms with Crippen LogP contribution in [0.2, 0.25) is 0 Å². The summed E-state index contributed by atoms with van der Waals surface area (Å²) in [7, 11) is 0. The second-order valence-corrected chi connectivity index (χ2v) is 10.00. The lowest BCUT2D eigenvalue weighted by atomic mass is 9.79. The molecule has 0 aliphatic rings. The molecule has 0 aliphatic carbocycles. The van der Waals surface area contributed by atoms with Crippen molar-refractivity contribution in [1.82, 2.24) is 0 Å². The molecule has 1 nitrogen and oxygen atoms in total. The van der Waals surface area contributed by atoms with E-state index in [0.29, 0.717) is 0 Å². The average molecular weight is 402 g/mol. The van der Waals surface area contributed by atoms with Crippen LogP contribution in [-0.2, 0) is 10.8 Å². The molecule has 2 heteroatoms. The Morgan fingerprint density at radius 2 is 1.00 bits per heavy atom. The van der Waals surface area contributed by atoms with Gasteiger partial charge in [0.15, 0.2) is 0 Å². The van der Waals surface area contributed by atoms with E-state index in [-0.39, 0.29) is 10.8 Å². The number of para-hydroxylation sites is 2. The molecule has 3 aromatic carbocycles. The van der Waals surface area contributed by atoms with Crippen molar-refractivity contribution in [3.63, 3.8) is 0 Å². The van der Waals surface area contributed by atoms with E-state index in [0.717, 1.165) is 21.9 Å². The van der Waals surface area contributed by atoms with Crippen LogP contribution in [0.25, 0.3) is 0 Å². The van der Waals surface area contributed by atoms with Crippen LogP contribution in [0.5, 0.6) is 0 Å². The summed E-state index contributed by atoms with van der Waals surface area (Å²) in [4.78, 5) is 2.99. The van der Waals surface area contributed by atoms with Gasteiger partial charge in [-0.2, -0.15) is 0 Å². The number of rotatable bonds is 3. The highest BCUT2D eigenvalue weighted by Gasteiger charge is 2.23. The van der Waals surface area contributed by atoms with Crippen LogP contribution in [0, 0.1) is 0 Å².